The zero-order valence-corrected chi connectivity index (χ0v) is 10.8. The Morgan fingerprint density at radius 1 is 1.06 bits per heavy atom. The lowest BCUT2D eigenvalue weighted by atomic mass is 9.74. The molecule has 0 heterocycles. The van der Waals surface area contributed by atoms with Crippen molar-refractivity contribution in [2.24, 2.45) is 17.8 Å². The molecule has 0 aliphatic heterocycles. The standard InChI is InChI=1S/C16H22O/c1-11(2)16(17)14-7-8-15(16)10-13-6-4-3-5-12(13)9-14/h3-6,11,14-15,17H,7-10H2,1-2H3. The summed E-state index contributed by atoms with van der Waals surface area (Å²) >= 11 is 0. The molecule has 1 aromatic carbocycles. The van der Waals surface area contributed by atoms with Gasteiger partial charge in [-0.05, 0) is 54.6 Å². The van der Waals surface area contributed by atoms with Crippen LogP contribution in [0, 0.1) is 17.8 Å². The Kier molecular flexibility index (Phi) is 2.55. The SMILES string of the molecule is CC(C)C1(O)C2CCC1Cc1ccccc1C2. The molecule has 1 aromatic rings. The number of aliphatic hydroxyl groups is 1. The molecule has 0 saturated heterocycles. The summed E-state index contributed by atoms with van der Waals surface area (Å²) in [6.45, 7) is 4.36. The molecule has 0 spiro atoms. The molecule has 0 aromatic heterocycles. The van der Waals surface area contributed by atoms with Gasteiger partial charge in [0.05, 0.1) is 5.60 Å². The number of hydrogen-bond donors (Lipinski definition) is 1. The first-order valence-electron chi connectivity index (χ1n) is 6.91. The van der Waals surface area contributed by atoms with Crippen molar-refractivity contribution in [3.8, 4) is 0 Å². The summed E-state index contributed by atoms with van der Waals surface area (Å²) in [6.07, 6.45) is 4.55. The highest BCUT2D eigenvalue weighted by Gasteiger charge is 2.51. The molecule has 0 radical (unpaired) electrons. The monoisotopic (exact) mass is 230 g/mol. The predicted molar refractivity (Wildman–Crippen MR) is 69.9 cm³/mol. The average Bonchev–Trinajstić information content (AvgIpc) is 2.53. The highest BCUT2D eigenvalue weighted by molar-refractivity contribution is 5.31. The summed E-state index contributed by atoms with van der Waals surface area (Å²) in [7, 11) is 0. The first kappa shape index (κ1) is 11.3. The van der Waals surface area contributed by atoms with Crippen molar-refractivity contribution in [1.29, 1.82) is 0 Å². The predicted octanol–water partition coefficient (Wildman–Crippen LogP) is 3.20. The van der Waals surface area contributed by atoms with Gasteiger partial charge in [0.1, 0.15) is 0 Å². The lowest BCUT2D eigenvalue weighted by Gasteiger charge is -2.37. The first-order chi connectivity index (χ1) is 8.12. The Bertz CT molecular complexity index is 388. The Hall–Kier alpha value is -0.820. The van der Waals surface area contributed by atoms with Crippen LogP contribution in [0.3, 0.4) is 0 Å². The largest absolute Gasteiger partial charge is 0.389 e. The number of rotatable bonds is 1. The summed E-state index contributed by atoms with van der Waals surface area (Å²) in [5.74, 6) is 1.31. The summed E-state index contributed by atoms with van der Waals surface area (Å²) in [5.41, 5.74) is 2.51. The maximum atomic E-state index is 11.1. The summed E-state index contributed by atoms with van der Waals surface area (Å²) in [5, 5.41) is 11.1. The van der Waals surface area contributed by atoms with E-state index in [1.54, 1.807) is 0 Å². The van der Waals surface area contributed by atoms with Crippen LogP contribution < -0.4 is 0 Å². The van der Waals surface area contributed by atoms with Gasteiger partial charge in [-0.3, -0.25) is 0 Å². The van der Waals surface area contributed by atoms with E-state index in [1.165, 1.54) is 24.0 Å². The molecule has 2 atom stereocenters. The Morgan fingerprint density at radius 2 is 1.53 bits per heavy atom. The summed E-state index contributed by atoms with van der Waals surface area (Å²) in [6, 6.07) is 8.76. The van der Waals surface area contributed by atoms with Crippen LogP contribution >= 0.6 is 0 Å². The molecule has 17 heavy (non-hydrogen) atoms. The lowest BCUT2D eigenvalue weighted by molar-refractivity contribution is -0.0727. The Labute approximate surface area is 104 Å². The maximum Gasteiger partial charge on any atom is 0.0732 e. The van der Waals surface area contributed by atoms with Crippen LogP contribution in [0.15, 0.2) is 24.3 Å². The number of benzene rings is 1. The second-order valence-electron chi connectivity index (χ2n) is 6.19. The van der Waals surface area contributed by atoms with Crippen LogP contribution in [0.2, 0.25) is 0 Å². The smallest absolute Gasteiger partial charge is 0.0732 e. The second kappa shape index (κ2) is 3.84. The highest BCUT2D eigenvalue weighted by atomic mass is 16.3. The highest BCUT2D eigenvalue weighted by Crippen LogP contribution is 2.50. The van der Waals surface area contributed by atoms with E-state index in [2.05, 4.69) is 38.1 Å². The summed E-state index contributed by atoms with van der Waals surface area (Å²) < 4.78 is 0. The van der Waals surface area contributed by atoms with Crippen LogP contribution in [-0.2, 0) is 12.8 Å². The van der Waals surface area contributed by atoms with Gasteiger partial charge in [0.15, 0.2) is 0 Å². The molecule has 1 heteroatoms. The number of hydrogen-bond acceptors (Lipinski definition) is 1. The molecule has 2 unspecified atom stereocenters. The molecular formula is C16H22O. The van der Waals surface area contributed by atoms with Crippen LogP contribution in [0.5, 0.6) is 0 Å². The van der Waals surface area contributed by atoms with E-state index in [0.29, 0.717) is 17.8 Å². The normalized spacial score (nSPS) is 35.8. The van der Waals surface area contributed by atoms with Gasteiger partial charge in [-0.25, -0.2) is 0 Å². The van der Waals surface area contributed by atoms with Gasteiger partial charge in [-0.1, -0.05) is 38.1 Å². The van der Waals surface area contributed by atoms with Crippen molar-refractivity contribution in [3.05, 3.63) is 35.4 Å². The zero-order valence-electron chi connectivity index (χ0n) is 10.8. The molecule has 0 amide bonds. The molecular weight excluding hydrogens is 208 g/mol. The molecule has 1 N–H and O–H groups in total. The van der Waals surface area contributed by atoms with Crippen LogP contribution in [0.25, 0.3) is 0 Å². The number of fused-ring (bicyclic) bond motifs is 3. The van der Waals surface area contributed by atoms with Crippen molar-refractivity contribution in [2.75, 3.05) is 0 Å². The first-order valence-corrected chi connectivity index (χ1v) is 6.91. The topological polar surface area (TPSA) is 20.2 Å². The van der Waals surface area contributed by atoms with Gasteiger partial charge in [-0.2, -0.15) is 0 Å². The van der Waals surface area contributed by atoms with Crippen molar-refractivity contribution in [2.45, 2.75) is 45.1 Å². The van der Waals surface area contributed by atoms with Crippen molar-refractivity contribution >= 4 is 0 Å². The van der Waals surface area contributed by atoms with Crippen LogP contribution in [0.4, 0.5) is 0 Å². The van der Waals surface area contributed by atoms with Crippen molar-refractivity contribution < 1.29 is 5.11 Å². The Balaban J connectivity index is 2.03. The van der Waals surface area contributed by atoms with E-state index in [4.69, 9.17) is 0 Å². The van der Waals surface area contributed by atoms with Gasteiger partial charge in [0.25, 0.3) is 0 Å². The van der Waals surface area contributed by atoms with E-state index >= 15 is 0 Å². The second-order valence-corrected chi connectivity index (χ2v) is 6.19. The summed E-state index contributed by atoms with van der Waals surface area (Å²) in [4.78, 5) is 0. The van der Waals surface area contributed by atoms with Gasteiger partial charge in [-0.15, -0.1) is 0 Å². The fraction of sp³-hybridized carbons (Fsp3) is 0.625. The molecule has 92 valence electrons. The third-order valence-corrected chi connectivity index (χ3v) is 5.15. The molecule has 2 aliphatic rings. The zero-order chi connectivity index (χ0) is 12.0. The van der Waals surface area contributed by atoms with Gasteiger partial charge < -0.3 is 5.11 Å². The van der Waals surface area contributed by atoms with E-state index < -0.39 is 5.60 Å². The fourth-order valence-electron chi connectivity index (χ4n) is 4.16. The average molecular weight is 230 g/mol. The van der Waals surface area contributed by atoms with Crippen molar-refractivity contribution in [1.82, 2.24) is 0 Å². The molecule has 1 saturated carbocycles. The van der Waals surface area contributed by atoms with Gasteiger partial charge in [0, 0.05) is 0 Å². The van der Waals surface area contributed by atoms with Crippen molar-refractivity contribution in [3.63, 3.8) is 0 Å². The molecule has 1 fully saturated rings. The van der Waals surface area contributed by atoms with E-state index in [9.17, 15) is 5.11 Å². The molecule has 1 nitrogen and oxygen atoms in total. The van der Waals surface area contributed by atoms with E-state index in [1.807, 2.05) is 0 Å². The minimum absolute atomic E-state index is 0.370. The maximum absolute atomic E-state index is 11.1. The van der Waals surface area contributed by atoms with Crippen LogP contribution in [-0.4, -0.2) is 10.7 Å². The molecule has 2 bridgehead atoms. The third kappa shape index (κ3) is 1.55. The fourth-order valence-corrected chi connectivity index (χ4v) is 4.16. The molecule has 3 rings (SSSR count). The quantitative estimate of drug-likeness (QED) is 0.785. The van der Waals surface area contributed by atoms with Gasteiger partial charge >= 0.3 is 0 Å². The third-order valence-electron chi connectivity index (χ3n) is 5.15. The van der Waals surface area contributed by atoms with Crippen LogP contribution in [0.1, 0.15) is 37.8 Å². The van der Waals surface area contributed by atoms with E-state index in [-0.39, 0.29) is 0 Å². The lowest BCUT2D eigenvalue weighted by Crippen LogP contribution is -2.45. The van der Waals surface area contributed by atoms with Gasteiger partial charge in [0.2, 0.25) is 0 Å². The Morgan fingerprint density at radius 3 is 1.94 bits per heavy atom. The molecule has 2 aliphatic carbocycles. The van der Waals surface area contributed by atoms with E-state index in [0.717, 1.165) is 12.8 Å². The minimum Gasteiger partial charge on any atom is -0.389 e. The minimum atomic E-state index is -0.432.